The largest absolute Gasteiger partial charge is 0.487 e. The third-order valence-corrected chi connectivity index (χ3v) is 13.2. The molecule has 0 amide bonds. The Hall–Kier alpha value is -5.02. The lowest BCUT2D eigenvalue weighted by Crippen LogP contribution is -2.28. The fourth-order valence-electron chi connectivity index (χ4n) is 8.33. The van der Waals surface area contributed by atoms with E-state index < -0.39 is 25.7 Å². The van der Waals surface area contributed by atoms with Gasteiger partial charge >= 0.3 is 0 Å². The topological polar surface area (TPSA) is 163 Å². The number of nitrogens with one attached hydrogen (secondary N) is 1. The summed E-state index contributed by atoms with van der Waals surface area (Å²) in [7, 11) is -8.62. The molecule has 12 nitrogen and oxygen atoms in total. The minimum absolute atomic E-state index is 0.220. The number of rotatable bonds is 19. The molecule has 0 spiro atoms. The van der Waals surface area contributed by atoms with Gasteiger partial charge in [-0.3, -0.25) is 13.9 Å². The highest BCUT2D eigenvalue weighted by Gasteiger charge is 2.44. The number of fused-ring (bicyclic) bond motifs is 2. The van der Waals surface area contributed by atoms with E-state index in [-0.39, 0.29) is 29.1 Å². The number of hydrogen-bond acceptors (Lipinski definition) is 9. The maximum Gasteiger partial charge on any atom is 0.294 e. The van der Waals surface area contributed by atoms with Gasteiger partial charge in [0, 0.05) is 65.2 Å². The summed E-state index contributed by atoms with van der Waals surface area (Å²) >= 11 is 0. The van der Waals surface area contributed by atoms with E-state index in [1.165, 1.54) is 29.1 Å². The molecule has 3 aliphatic heterocycles. The minimum atomic E-state index is -4.48. The lowest BCUT2D eigenvalue weighted by atomic mass is 9.81. The Labute approximate surface area is 354 Å². The first kappa shape index (κ1) is 44.5. The van der Waals surface area contributed by atoms with E-state index in [9.17, 15) is 30.7 Å². The molecule has 14 heteroatoms. The monoisotopic (exact) mass is 858 g/mol. The van der Waals surface area contributed by atoms with Crippen LogP contribution in [0.1, 0.15) is 83.4 Å². The van der Waals surface area contributed by atoms with Crippen molar-refractivity contribution in [2.45, 2.75) is 88.9 Å². The third kappa shape index (κ3) is 9.94. The second-order valence-corrected chi connectivity index (χ2v) is 19.4. The molecule has 0 radical (unpaired) electrons. The average Bonchev–Trinajstić information content (AvgIpc) is 3.75. The maximum absolute atomic E-state index is 12.2. The van der Waals surface area contributed by atoms with Gasteiger partial charge in [0.05, 0.1) is 28.4 Å². The van der Waals surface area contributed by atoms with Crippen molar-refractivity contribution in [3.8, 4) is 0 Å². The maximum atomic E-state index is 12.2. The van der Waals surface area contributed by atoms with E-state index in [4.69, 9.17) is 9.47 Å². The van der Waals surface area contributed by atoms with Crippen LogP contribution in [0.2, 0.25) is 0 Å². The minimum Gasteiger partial charge on any atom is -0.487 e. The van der Waals surface area contributed by atoms with Crippen molar-refractivity contribution < 1.29 is 44.8 Å². The van der Waals surface area contributed by atoms with Gasteiger partial charge in [-0.05, 0) is 92.8 Å². The Morgan fingerprint density at radius 3 is 2.33 bits per heavy atom. The second-order valence-electron chi connectivity index (χ2n) is 16.5. The number of allylic oxidation sites excluding steroid dienone is 4. The van der Waals surface area contributed by atoms with Crippen molar-refractivity contribution in [1.82, 2.24) is 0 Å². The molecule has 0 bridgehead atoms. The number of unbranched alkanes of at least 4 members (excludes halogenated alkanes) is 3. The van der Waals surface area contributed by atoms with Gasteiger partial charge in [0.25, 0.3) is 26.7 Å². The summed E-state index contributed by atoms with van der Waals surface area (Å²) in [4.78, 5) is 12.5. The van der Waals surface area contributed by atoms with Crippen LogP contribution in [0.5, 0.6) is 0 Å². The Kier molecular flexibility index (Phi) is 13.6. The Balaban J connectivity index is 1.42. The molecule has 6 rings (SSSR count). The summed E-state index contributed by atoms with van der Waals surface area (Å²) in [5, 5.41) is 3.61. The van der Waals surface area contributed by atoms with Crippen LogP contribution in [0.25, 0.3) is 0 Å². The van der Waals surface area contributed by atoms with Crippen molar-refractivity contribution >= 4 is 49.5 Å². The molecular weight excluding hydrogens is 803 g/mol. The van der Waals surface area contributed by atoms with Gasteiger partial charge in [0.1, 0.15) is 18.9 Å². The van der Waals surface area contributed by atoms with Crippen LogP contribution in [-0.4, -0.2) is 74.8 Å². The summed E-state index contributed by atoms with van der Waals surface area (Å²) in [5.74, 6) is 0.208. The number of anilines is 2. The molecule has 3 aromatic carbocycles. The van der Waals surface area contributed by atoms with Crippen molar-refractivity contribution in [3.05, 3.63) is 130 Å². The van der Waals surface area contributed by atoms with E-state index in [0.717, 1.165) is 59.7 Å². The normalized spacial score (nSPS) is 18.4. The van der Waals surface area contributed by atoms with Crippen LogP contribution < -0.4 is 10.2 Å². The van der Waals surface area contributed by atoms with Crippen molar-refractivity contribution in [2.24, 2.45) is 0 Å². The number of ether oxygens (including phenoxy) is 2. The second kappa shape index (κ2) is 18.3. The molecule has 0 aromatic heterocycles. The van der Waals surface area contributed by atoms with E-state index in [1.54, 1.807) is 6.07 Å². The molecular formula is C46H56N3O9S2+. The van der Waals surface area contributed by atoms with Gasteiger partial charge in [-0.15, -0.1) is 0 Å². The SMILES string of the molecule is CCCCC[N+]1=C(/C=C/C2=C(Nc3ccc(CCOC=O)cc3)C(=C/C=C3/N(CCCCS(=O)(=O)O)c4ccc(S(=O)(=O)O)cc4C3(C)C)/OC2)C(C)(C)c2ccccc21. The molecule has 3 aliphatic rings. The highest BCUT2D eigenvalue weighted by Crippen LogP contribution is 2.49. The van der Waals surface area contributed by atoms with Gasteiger partial charge in [-0.25, -0.2) is 0 Å². The highest BCUT2D eigenvalue weighted by atomic mass is 32.2. The molecule has 3 N–H and O–H groups in total. The zero-order chi connectivity index (χ0) is 43.3. The summed E-state index contributed by atoms with van der Waals surface area (Å²) < 4.78 is 80.4. The van der Waals surface area contributed by atoms with E-state index >= 15 is 0 Å². The molecule has 3 aromatic rings. The van der Waals surface area contributed by atoms with Crippen LogP contribution in [0.3, 0.4) is 0 Å². The van der Waals surface area contributed by atoms with Crippen LogP contribution in [-0.2, 0) is 51.8 Å². The van der Waals surface area contributed by atoms with Gasteiger partial charge in [-0.2, -0.15) is 21.4 Å². The summed E-state index contributed by atoms with van der Waals surface area (Å²) in [6.07, 6.45) is 12.7. The summed E-state index contributed by atoms with van der Waals surface area (Å²) in [5.41, 5.74) is 8.51. The fourth-order valence-corrected chi connectivity index (χ4v) is 9.41. The van der Waals surface area contributed by atoms with E-state index in [0.29, 0.717) is 43.8 Å². The summed E-state index contributed by atoms with van der Waals surface area (Å²) in [6.45, 7) is 13.0. The molecule has 0 saturated carbocycles. The predicted octanol–water partition coefficient (Wildman–Crippen LogP) is 8.40. The number of hydrogen-bond donors (Lipinski definition) is 3. The first-order valence-corrected chi connectivity index (χ1v) is 23.5. The van der Waals surface area contributed by atoms with Gasteiger partial charge < -0.3 is 19.7 Å². The molecule has 0 atom stereocenters. The standard InChI is InChI=1S/C46H55N3O9S2/c1-6-7-10-26-48-39-14-9-8-13-37(39)45(2,3)42(48)23-17-34-31-58-41(44(34)47-35-18-15-33(16-19-35)25-28-57-32-50)22-24-43-46(4,5)38-30-36(60(54,55)56)20-21-40(38)49(43)27-11-12-29-59(51,52)53/h8-9,13-24,30,32H,6-7,10-12,25-29,31H2,1-5H3,(H2,51,52,53,54,55,56)/p+1/b41-22-,43-24+. The number of para-hydroxylation sites is 1. The fraction of sp³-hybridized carbons (Fsp3) is 0.391. The first-order chi connectivity index (χ1) is 28.5. The molecule has 320 valence electrons. The van der Waals surface area contributed by atoms with Gasteiger partial charge in [0.15, 0.2) is 5.71 Å². The number of carbonyl (C=O) groups excluding carboxylic acids is 1. The number of benzene rings is 3. The number of nitrogens with zero attached hydrogens (tertiary/aromatic N) is 2. The Morgan fingerprint density at radius 1 is 0.883 bits per heavy atom. The lowest BCUT2D eigenvalue weighted by Gasteiger charge is -2.27. The predicted molar refractivity (Wildman–Crippen MR) is 235 cm³/mol. The van der Waals surface area contributed by atoms with Gasteiger partial charge in [-0.1, -0.05) is 57.5 Å². The van der Waals surface area contributed by atoms with Crippen molar-refractivity contribution in [1.29, 1.82) is 0 Å². The van der Waals surface area contributed by atoms with Crippen molar-refractivity contribution in [3.63, 3.8) is 0 Å². The molecule has 0 unspecified atom stereocenters. The lowest BCUT2D eigenvalue weighted by molar-refractivity contribution is -0.438. The van der Waals surface area contributed by atoms with Crippen LogP contribution >= 0.6 is 0 Å². The number of carbonyl (C=O) groups is 1. The molecule has 0 saturated heterocycles. The van der Waals surface area contributed by atoms with Crippen molar-refractivity contribution in [2.75, 3.05) is 42.3 Å². The molecule has 60 heavy (non-hydrogen) atoms. The quantitative estimate of drug-likeness (QED) is 0.0459. The van der Waals surface area contributed by atoms with Gasteiger partial charge in [0.2, 0.25) is 5.69 Å². The highest BCUT2D eigenvalue weighted by molar-refractivity contribution is 7.86. The Bertz CT molecular complexity index is 2480. The first-order valence-electron chi connectivity index (χ1n) is 20.4. The van der Waals surface area contributed by atoms with E-state index in [2.05, 4.69) is 67.1 Å². The zero-order valence-corrected chi connectivity index (χ0v) is 36.6. The Morgan fingerprint density at radius 2 is 1.63 bits per heavy atom. The zero-order valence-electron chi connectivity index (χ0n) is 35.0. The average molecular weight is 859 g/mol. The summed E-state index contributed by atoms with van der Waals surface area (Å²) in [6, 6.07) is 21.0. The van der Waals surface area contributed by atoms with Crippen LogP contribution in [0.15, 0.2) is 119 Å². The molecule has 3 heterocycles. The third-order valence-electron chi connectivity index (χ3n) is 11.6. The van der Waals surface area contributed by atoms with E-state index in [1.807, 2.05) is 55.2 Å². The molecule has 0 aliphatic carbocycles. The molecule has 0 fully saturated rings. The smallest absolute Gasteiger partial charge is 0.294 e. The van der Waals surface area contributed by atoms with Crippen LogP contribution in [0.4, 0.5) is 17.1 Å². The van der Waals surface area contributed by atoms with Crippen LogP contribution in [0, 0.1) is 0 Å².